The molecule has 3 aromatic rings. The van der Waals surface area contributed by atoms with Crippen molar-refractivity contribution in [1.29, 1.82) is 5.26 Å². The number of hydrogen-bond acceptors (Lipinski definition) is 7. The number of benzene rings is 1. The fourth-order valence-corrected chi connectivity index (χ4v) is 5.95. The molecule has 2 aromatic heterocycles. The van der Waals surface area contributed by atoms with E-state index in [1.54, 1.807) is 34.9 Å². The first-order valence-electron chi connectivity index (χ1n) is 8.85. The monoisotopic (exact) mass is 395 g/mol. The predicted octanol–water partition coefficient (Wildman–Crippen LogP) is 1.49. The Kier molecular flexibility index (Phi) is 3.36. The molecule has 0 saturated heterocycles. The Morgan fingerprint density at radius 3 is 2.79 bits per heavy atom. The molecule has 142 valence electrons. The summed E-state index contributed by atoms with van der Waals surface area (Å²) in [6.07, 6.45) is 5.61. The number of aromatic nitrogens is 4. The molecule has 2 bridgehead atoms. The molecule has 1 aromatic carbocycles. The van der Waals surface area contributed by atoms with Crippen LogP contribution in [0.2, 0.25) is 0 Å². The molecule has 3 N–H and O–H groups in total. The third-order valence-electron chi connectivity index (χ3n) is 5.76. The molecule has 6 rings (SSSR count). The van der Waals surface area contributed by atoms with Crippen LogP contribution in [0.3, 0.4) is 0 Å². The highest BCUT2D eigenvalue weighted by molar-refractivity contribution is 7.89. The summed E-state index contributed by atoms with van der Waals surface area (Å²) in [7, 11) is -3.71. The lowest BCUT2D eigenvalue weighted by Crippen LogP contribution is -2.55. The molecule has 3 fully saturated rings. The van der Waals surface area contributed by atoms with E-state index in [0.29, 0.717) is 36.3 Å². The van der Waals surface area contributed by atoms with Crippen LogP contribution in [0, 0.1) is 16.7 Å². The van der Waals surface area contributed by atoms with E-state index in [-0.39, 0.29) is 16.3 Å². The maximum atomic E-state index is 13.0. The van der Waals surface area contributed by atoms with Gasteiger partial charge >= 0.3 is 0 Å². The van der Waals surface area contributed by atoms with Gasteiger partial charge in [0.1, 0.15) is 6.33 Å². The van der Waals surface area contributed by atoms with Crippen LogP contribution in [0.25, 0.3) is 17.0 Å². The van der Waals surface area contributed by atoms with Gasteiger partial charge in [-0.05, 0) is 37.8 Å². The number of nitrogens with two attached hydrogens (primary N) is 1. The van der Waals surface area contributed by atoms with Crippen LogP contribution in [-0.4, -0.2) is 33.3 Å². The SMILES string of the molecule is N#CC12CCC(NS(=O)(=O)c3cccc(-c4cn5c(N)ncnc5n4)c3)(C1)C2. The highest BCUT2D eigenvalue weighted by Crippen LogP contribution is 2.61. The smallest absolute Gasteiger partial charge is 0.241 e. The quantitative estimate of drug-likeness (QED) is 0.682. The van der Waals surface area contributed by atoms with E-state index in [4.69, 9.17) is 5.73 Å². The molecule has 3 aliphatic carbocycles. The molecular formula is C18H17N7O2S. The maximum Gasteiger partial charge on any atom is 0.241 e. The number of anilines is 1. The second kappa shape index (κ2) is 5.50. The first-order chi connectivity index (χ1) is 13.3. The zero-order valence-corrected chi connectivity index (χ0v) is 15.6. The standard InChI is InChI=1S/C18H17N7O2S/c19-10-17-4-5-18(8-17,9-17)24-28(26,27)13-3-1-2-12(6-13)14-7-25-15(20)21-11-22-16(25)23-14/h1-3,6-7,11,24H,4-5,8-9H2,(H2,20,21,22,23). The highest BCUT2D eigenvalue weighted by Gasteiger charge is 2.62. The minimum Gasteiger partial charge on any atom is -0.369 e. The average molecular weight is 395 g/mol. The number of nitriles is 1. The number of rotatable bonds is 4. The lowest BCUT2D eigenvalue weighted by molar-refractivity contribution is 0.161. The van der Waals surface area contributed by atoms with Crippen LogP contribution in [0.15, 0.2) is 41.7 Å². The van der Waals surface area contributed by atoms with Gasteiger partial charge in [-0.3, -0.25) is 4.40 Å². The molecule has 0 radical (unpaired) electrons. The summed E-state index contributed by atoms with van der Waals surface area (Å²) in [6, 6.07) is 8.93. The molecule has 28 heavy (non-hydrogen) atoms. The molecule has 0 spiro atoms. The topological polar surface area (TPSA) is 139 Å². The van der Waals surface area contributed by atoms with Gasteiger partial charge in [-0.2, -0.15) is 5.26 Å². The van der Waals surface area contributed by atoms with Crippen molar-refractivity contribution in [1.82, 2.24) is 24.1 Å². The molecule has 0 atom stereocenters. The first kappa shape index (κ1) is 17.1. The van der Waals surface area contributed by atoms with E-state index >= 15 is 0 Å². The number of nitrogen functional groups attached to an aromatic ring is 1. The van der Waals surface area contributed by atoms with Crippen molar-refractivity contribution in [3.8, 4) is 17.3 Å². The minimum atomic E-state index is -3.71. The molecule has 3 aliphatic rings. The average Bonchev–Trinajstić information content (AvgIpc) is 3.33. The van der Waals surface area contributed by atoms with E-state index < -0.39 is 15.6 Å². The Morgan fingerprint density at radius 2 is 2.07 bits per heavy atom. The van der Waals surface area contributed by atoms with Gasteiger partial charge in [0.25, 0.3) is 0 Å². The molecule has 0 aliphatic heterocycles. The van der Waals surface area contributed by atoms with Crippen molar-refractivity contribution in [3.63, 3.8) is 0 Å². The zero-order chi connectivity index (χ0) is 19.6. The second-order valence-electron chi connectivity index (χ2n) is 7.69. The van der Waals surface area contributed by atoms with Crippen molar-refractivity contribution in [3.05, 3.63) is 36.8 Å². The van der Waals surface area contributed by atoms with E-state index in [2.05, 4.69) is 25.7 Å². The summed E-state index contributed by atoms with van der Waals surface area (Å²) < 4.78 is 30.3. The summed E-state index contributed by atoms with van der Waals surface area (Å²) in [5.74, 6) is 0.640. The number of nitrogens with one attached hydrogen (secondary N) is 1. The molecular weight excluding hydrogens is 378 g/mol. The van der Waals surface area contributed by atoms with Gasteiger partial charge in [-0.1, -0.05) is 12.1 Å². The van der Waals surface area contributed by atoms with Gasteiger partial charge in [-0.25, -0.2) is 28.1 Å². The first-order valence-corrected chi connectivity index (χ1v) is 10.3. The van der Waals surface area contributed by atoms with E-state index in [9.17, 15) is 13.7 Å². The van der Waals surface area contributed by atoms with Gasteiger partial charge in [0, 0.05) is 17.3 Å². The Labute approximate surface area is 161 Å². The molecule has 3 saturated carbocycles. The van der Waals surface area contributed by atoms with Gasteiger partial charge < -0.3 is 5.73 Å². The Bertz CT molecular complexity index is 1250. The second-order valence-corrected chi connectivity index (χ2v) is 9.37. The van der Waals surface area contributed by atoms with E-state index in [1.807, 2.05) is 0 Å². The third kappa shape index (κ3) is 2.47. The predicted molar refractivity (Wildman–Crippen MR) is 100 cm³/mol. The van der Waals surface area contributed by atoms with Crippen molar-refractivity contribution in [2.24, 2.45) is 5.41 Å². The number of nitrogens with zero attached hydrogens (tertiary/aromatic N) is 5. The Morgan fingerprint density at radius 1 is 1.25 bits per heavy atom. The Balaban J connectivity index is 1.47. The van der Waals surface area contributed by atoms with E-state index in [1.165, 1.54) is 6.33 Å². The summed E-state index contributed by atoms with van der Waals surface area (Å²) in [6.45, 7) is 0. The van der Waals surface area contributed by atoms with Gasteiger partial charge in [0.2, 0.25) is 21.7 Å². The fourth-order valence-electron chi connectivity index (χ4n) is 4.47. The lowest BCUT2D eigenvalue weighted by Gasteiger charge is -2.43. The summed E-state index contributed by atoms with van der Waals surface area (Å²) in [4.78, 5) is 12.5. The van der Waals surface area contributed by atoms with Crippen molar-refractivity contribution >= 4 is 21.7 Å². The minimum absolute atomic E-state index is 0.164. The van der Waals surface area contributed by atoms with Crippen LogP contribution in [0.5, 0.6) is 0 Å². The fraction of sp³-hybridized carbons (Fsp3) is 0.333. The zero-order valence-electron chi connectivity index (χ0n) is 14.8. The van der Waals surface area contributed by atoms with E-state index in [0.717, 1.165) is 6.42 Å². The number of hydrogen-bond donors (Lipinski definition) is 2. The Hall–Kier alpha value is -3.03. The molecule has 0 unspecified atom stereocenters. The summed E-state index contributed by atoms with van der Waals surface area (Å²) in [5.41, 5.74) is 6.18. The number of sulfonamides is 1. The summed E-state index contributed by atoms with van der Waals surface area (Å²) >= 11 is 0. The van der Waals surface area contributed by atoms with Crippen molar-refractivity contribution < 1.29 is 8.42 Å². The number of fused-ring (bicyclic) bond motifs is 2. The lowest BCUT2D eigenvalue weighted by atomic mass is 9.66. The molecule has 10 heteroatoms. The normalized spacial score (nSPS) is 26.1. The maximum absolute atomic E-state index is 13.0. The van der Waals surface area contributed by atoms with Crippen LogP contribution in [0.1, 0.15) is 25.7 Å². The van der Waals surface area contributed by atoms with Crippen molar-refractivity contribution in [2.75, 3.05) is 5.73 Å². The summed E-state index contributed by atoms with van der Waals surface area (Å²) in [5, 5.41) is 9.28. The van der Waals surface area contributed by atoms with Gasteiger partial charge in [0.05, 0.1) is 22.1 Å². The van der Waals surface area contributed by atoms with Crippen LogP contribution in [-0.2, 0) is 10.0 Å². The largest absolute Gasteiger partial charge is 0.369 e. The molecule has 0 amide bonds. The number of imidazole rings is 1. The highest BCUT2D eigenvalue weighted by atomic mass is 32.2. The van der Waals surface area contributed by atoms with Gasteiger partial charge in [-0.15, -0.1) is 0 Å². The van der Waals surface area contributed by atoms with Crippen molar-refractivity contribution in [2.45, 2.75) is 36.1 Å². The third-order valence-corrected chi connectivity index (χ3v) is 7.34. The van der Waals surface area contributed by atoms with Crippen LogP contribution >= 0.6 is 0 Å². The van der Waals surface area contributed by atoms with Crippen LogP contribution < -0.4 is 10.5 Å². The van der Waals surface area contributed by atoms with Crippen LogP contribution in [0.4, 0.5) is 5.95 Å². The van der Waals surface area contributed by atoms with Gasteiger partial charge in [0.15, 0.2) is 0 Å². The molecule has 9 nitrogen and oxygen atoms in total. The molecule has 2 heterocycles.